The molecule has 2 aromatic heterocycles. The van der Waals surface area contributed by atoms with E-state index in [1.807, 2.05) is 0 Å². The van der Waals surface area contributed by atoms with E-state index < -0.39 is 23.4 Å². The van der Waals surface area contributed by atoms with Crippen LogP contribution in [0, 0.1) is 0 Å². The lowest BCUT2D eigenvalue weighted by Crippen LogP contribution is -2.45. The molecular formula is C22H18ClN5O6. The van der Waals surface area contributed by atoms with Gasteiger partial charge in [0.15, 0.2) is 0 Å². The summed E-state index contributed by atoms with van der Waals surface area (Å²) < 4.78 is 12.0. The second-order valence-electron chi connectivity index (χ2n) is 7.19. The number of carboxylic acids is 1. The number of carboxylic acid groups (broad SMARTS) is 1. The quantitative estimate of drug-likeness (QED) is 0.386. The van der Waals surface area contributed by atoms with E-state index in [9.17, 15) is 19.5 Å². The normalized spacial score (nSPS) is 11.7. The van der Waals surface area contributed by atoms with Crippen molar-refractivity contribution < 1.29 is 19.2 Å². The summed E-state index contributed by atoms with van der Waals surface area (Å²) in [5, 5.41) is 16.5. The predicted octanol–water partition coefficient (Wildman–Crippen LogP) is 3.28. The summed E-state index contributed by atoms with van der Waals surface area (Å²) in [5.41, 5.74) is -0.604. The van der Waals surface area contributed by atoms with E-state index in [1.54, 1.807) is 54.6 Å². The number of anilines is 2. The third-order valence-electron chi connectivity index (χ3n) is 4.85. The first kappa shape index (κ1) is 22.8. The summed E-state index contributed by atoms with van der Waals surface area (Å²) in [7, 11) is 0. The van der Waals surface area contributed by atoms with Gasteiger partial charge in [0, 0.05) is 16.8 Å². The Kier molecular flexibility index (Phi) is 6.46. The first-order chi connectivity index (χ1) is 16.3. The molecule has 0 aliphatic rings. The Labute approximate surface area is 196 Å². The Hall–Kier alpha value is -4.38. The zero-order chi connectivity index (χ0) is 24.2. The zero-order valence-corrected chi connectivity index (χ0v) is 18.5. The highest BCUT2D eigenvalue weighted by molar-refractivity contribution is 6.30. The van der Waals surface area contributed by atoms with Crippen LogP contribution in [0.25, 0.3) is 0 Å². The number of aromatic nitrogens is 4. The van der Waals surface area contributed by atoms with Gasteiger partial charge in [-0.15, -0.1) is 0 Å². The minimum absolute atomic E-state index is 0.0192. The van der Waals surface area contributed by atoms with Crippen molar-refractivity contribution in [2.75, 3.05) is 5.32 Å². The smallest absolute Gasteiger partial charge is 0.355 e. The highest BCUT2D eigenvalue weighted by Crippen LogP contribution is 2.23. The van der Waals surface area contributed by atoms with Crippen LogP contribution in [0.4, 0.5) is 11.6 Å². The van der Waals surface area contributed by atoms with Crippen LogP contribution in [0.2, 0.25) is 5.02 Å². The van der Waals surface area contributed by atoms with Crippen molar-refractivity contribution in [2.45, 2.75) is 19.5 Å². The summed E-state index contributed by atoms with van der Waals surface area (Å²) in [6.45, 7) is 1.26. The Bertz CT molecular complexity index is 1410. The Morgan fingerprint density at radius 3 is 2.47 bits per heavy atom. The second-order valence-corrected chi connectivity index (χ2v) is 7.62. The van der Waals surface area contributed by atoms with Crippen LogP contribution in [0.3, 0.4) is 0 Å². The number of nitrogens with one attached hydrogen (secondary N) is 1. The maximum Gasteiger partial charge on any atom is 0.355 e. The Morgan fingerprint density at radius 2 is 1.85 bits per heavy atom. The van der Waals surface area contributed by atoms with Gasteiger partial charge >= 0.3 is 17.3 Å². The van der Waals surface area contributed by atoms with Gasteiger partial charge in [-0.05, 0) is 54.0 Å². The van der Waals surface area contributed by atoms with Crippen LogP contribution >= 0.6 is 11.6 Å². The topological polar surface area (TPSA) is 141 Å². The average Bonchev–Trinajstić information content (AvgIpc) is 3.32. The van der Waals surface area contributed by atoms with Crippen LogP contribution in [0.5, 0.6) is 11.6 Å². The Balaban J connectivity index is 1.70. The molecule has 2 heterocycles. The Morgan fingerprint density at radius 1 is 1.15 bits per heavy atom. The van der Waals surface area contributed by atoms with E-state index in [4.69, 9.17) is 20.9 Å². The lowest BCUT2D eigenvalue weighted by atomic mass is 10.2. The largest absolute Gasteiger partial charge is 0.480 e. The maximum absolute atomic E-state index is 13.2. The van der Waals surface area contributed by atoms with E-state index in [2.05, 4.69) is 15.5 Å². The lowest BCUT2D eigenvalue weighted by molar-refractivity contribution is -0.140. The van der Waals surface area contributed by atoms with Gasteiger partial charge < -0.3 is 19.7 Å². The molecule has 174 valence electrons. The molecule has 0 bridgehead atoms. The van der Waals surface area contributed by atoms with Crippen LogP contribution in [0.15, 0.2) is 75.0 Å². The standard InChI is InChI=1S/C22H18ClN5O6/c1-13(19(29)30)28-21(31)25-20(27(22(28)32)12-14-2-4-15(23)5-3-14)24-16-6-8-17(9-7-16)34-18-10-11-33-26-18/h2-11,13H,12H2,1H3,(H,29,30)(H,24,25,31)/t13-/m1/s1. The number of benzene rings is 2. The molecule has 2 N–H and O–H groups in total. The van der Waals surface area contributed by atoms with Gasteiger partial charge in [-0.3, -0.25) is 4.57 Å². The minimum atomic E-state index is -1.40. The van der Waals surface area contributed by atoms with E-state index in [0.29, 0.717) is 26.6 Å². The number of carbonyl (C=O) groups is 1. The molecule has 0 saturated carbocycles. The lowest BCUT2D eigenvalue weighted by Gasteiger charge is -2.17. The van der Waals surface area contributed by atoms with Crippen molar-refractivity contribution >= 4 is 29.2 Å². The molecule has 4 rings (SSSR count). The monoisotopic (exact) mass is 483 g/mol. The molecule has 1 atom stereocenters. The summed E-state index contributed by atoms with van der Waals surface area (Å²) in [5.74, 6) is -0.613. The van der Waals surface area contributed by atoms with Gasteiger partial charge in [0.1, 0.15) is 18.1 Å². The fraction of sp³-hybridized carbons (Fsp3) is 0.136. The number of hydrogen-bond acceptors (Lipinski definition) is 8. The minimum Gasteiger partial charge on any atom is -0.480 e. The maximum atomic E-state index is 13.2. The first-order valence-electron chi connectivity index (χ1n) is 9.98. The van der Waals surface area contributed by atoms with E-state index in [0.717, 1.165) is 0 Å². The van der Waals surface area contributed by atoms with Crippen LogP contribution in [-0.4, -0.2) is 30.4 Å². The van der Waals surface area contributed by atoms with Gasteiger partial charge in [0.05, 0.1) is 6.54 Å². The summed E-state index contributed by atoms with van der Waals surface area (Å²) >= 11 is 5.94. The van der Waals surface area contributed by atoms with Crippen LogP contribution in [-0.2, 0) is 11.3 Å². The van der Waals surface area contributed by atoms with E-state index in [-0.39, 0.29) is 18.4 Å². The molecule has 0 fully saturated rings. The highest BCUT2D eigenvalue weighted by atomic mass is 35.5. The van der Waals surface area contributed by atoms with Gasteiger partial charge in [0.25, 0.3) is 5.88 Å². The molecule has 0 amide bonds. The van der Waals surface area contributed by atoms with E-state index in [1.165, 1.54) is 17.8 Å². The van der Waals surface area contributed by atoms with Crippen LogP contribution in [0.1, 0.15) is 18.5 Å². The summed E-state index contributed by atoms with van der Waals surface area (Å²) in [6, 6.07) is 13.5. The molecule has 34 heavy (non-hydrogen) atoms. The molecule has 4 aromatic rings. The fourth-order valence-electron chi connectivity index (χ4n) is 3.07. The van der Waals surface area contributed by atoms with Crippen LogP contribution < -0.4 is 21.4 Å². The molecule has 0 spiro atoms. The number of ether oxygens (including phenoxy) is 1. The van der Waals surface area contributed by atoms with Crippen molar-refractivity contribution in [2.24, 2.45) is 0 Å². The van der Waals surface area contributed by atoms with Crippen molar-refractivity contribution in [1.82, 2.24) is 19.3 Å². The third kappa shape index (κ3) is 4.99. The number of nitrogens with zero attached hydrogens (tertiary/aromatic N) is 4. The molecule has 0 radical (unpaired) electrons. The second kappa shape index (κ2) is 9.63. The van der Waals surface area contributed by atoms with Crippen molar-refractivity contribution in [3.05, 3.63) is 92.4 Å². The van der Waals surface area contributed by atoms with Crippen molar-refractivity contribution in [3.63, 3.8) is 0 Å². The highest BCUT2D eigenvalue weighted by Gasteiger charge is 2.22. The van der Waals surface area contributed by atoms with Crippen molar-refractivity contribution in [3.8, 4) is 11.6 Å². The van der Waals surface area contributed by atoms with Gasteiger partial charge in [-0.1, -0.05) is 23.7 Å². The third-order valence-corrected chi connectivity index (χ3v) is 5.10. The van der Waals surface area contributed by atoms with Gasteiger partial charge in [-0.2, -0.15) is 4.98 Å². The molecule has 0 aliphatic heterocycles. The zero-order valence-electron chi connectivity index (χ0n) is 17.7. The number of aliphatic carboxylic acids is 1. The molecule has 0 saturated heterocycles. The molecule has 0 unspecified atom stereocenters. The predicted molar refractivity (Wildman–Crippen MR) is 122 cm³/mol. The molecule has 2 aromatic carbocycles. The SMILES string of the molecule is C[C@H](C(=O)O)n1c(=O)nc(Nc2ccc(Oc3ccon3)cc2)n(Cc2ccc(Cl)cc2)c1=O. The fourth-order valence-corrected chi connectivity index (χ4v) is 3.20. The number of halogens is 1. The van der Waals surface area contributed by atoms with E-state index >= 15 is 0 Å². The molecule has 0 aliphatic carbocycles. The number of rotatable bonds is 8. The van der Waals surface area contributed by atoms with Gasteiger partial charge in [-0.25, -0.2) is 19.0 Å². The summed E-state index contributed by atoms with van der Waals surface area (Å²) in [4.78, 5) is 41.1. The van der Waals surface area contributed by atoms with Crippen molar-refractivity contribution in [1.29, 1.82) is 0 Å². The number of hydrogen-bond donors (Lipinski definition) is 2. The molecular weight excluding hydrogens is 466 g/mol. The molecule has 11 nitrogen and oxygen atoms in total. The summed E-state index contributed by atoms with van der Waals surface area (Å²) in [6.07, 6.45) is 1.38. The molecule has 12 heteroatoms. The van der Waals surface area contributed by atoms with Gasteiger partial charge in [0.2, 0.25) is 5.95 Å². The average molecular weight is 484 g/mol. The first-order valence-corrected chi connectivity index (χ1v) is 10.4.